The van der Waals surface area contributed by atoms with Gasteiger partial charge in [-0.25, -0.2) is 4.98 Å². The zero-order chi connectivity index (χ0) is 16.8. The molecular formula is C19H18N2O3. The van der Waals surface area contributed by atoms with Crippen molar-refractivity contribution in [3.63, 3.8) is 0 Å². The number of rotatable bonds is 6. The SMILES string of the molecule is CCOc1cccc(C(=O)N(Cc2ccco2)c2ccccn2)c1. The third kappa shape index (κ3) is 3.63. The van der Waals surface area contributed by atoms with Gasteiger partial charge in [0, 0.05) is 11.8 Å². The van der Waals surface area contributed by atoms with Gasteiger partial charge in [0.2, 0.25) is 0 Å². The van der Waals surface area contributed by atoms with Crippen molar-refractivity contribution in [3.05, 3.63) is 78.4 Å². The smallest absolute Gasteiger partial charge is 0.259 e. The average molecular weight is 322 g/mol. The maximum absolute atomic E-state index is 13.0. The Hall–Kier alpha value is -3.08. The summed E-state index contributed by atoms with van der Waals surface area (Å²) >= 11 is 0. The number of benzene rings is 1. The molecule has 2 aromatic heterocycles. The summed E-state index contributed by atoms with van der Waals surface area (Å²) < 4.78 is 10.9. The first-order valence-corrected chi connectivity index (χ1v) is 7.76. The normalized spacial score (nSPS) is 10.4. The van der Waals surface area contributed by atoms with Crippen LogP contribution in [0.3, 0.4) is 0 Å². The number of amides is 1. The van der Waals surface area contributed by atoms with E-state index in [9.17, 15) is 4.79 Å². The third-order valence-corrected chi connectivity index (χ3v) is 3.46. The van der Waals surface area contributed by atoms with E-state index in [1.54, 1.807) is 41.6 Å². The van der Waals surface area contributed by atoms with Crippen molar-refractivity contribution < 1.29 is 13.9 Å². The third-order valence-electron chi connectivity index (χ3n) is 3.46. The van der Waals surface area contributed by atoms with Gasteiger partial charge in [0.1, 0.15) is 17.3 Å². The Morgan fingerprint density at radius 1 is 1.17 bits per heavy atom. The van der Waals surface area contributed by atoms with E-state index < -0.39 is 0 Å². The van der Waals surface area contributed by atoms with E-state index in [-0.39, 0.29) is 5.91 Å². The van der Waals surface area contributed by atoms with Crippen LogP contribution in [0, 0.1) is 0 Å². The monoisotopic (exact) mass is 322 g/mol. The van der Waals surface area contributed by atoms with Crippen molar-refractivity contribution in [2.75, 3.05) is 11.5 Å². The molecule has 0 N–H and O–H groups in total. The second kappa shape index (κ2) is 7.46. The van der Waals surface area contributed by atoms with Gasteiger partial charge in [0.25, 0.3) is 5.91 Å². The van der Waals surface area contributed by atoms with E-state index in [1.165, 1.54) is 0 Å². The van der Waals surface area contributed by atoms with Crippen molar-refractivity contribution in [2.45, 2.75) is 13.5 Å². The molecule has 0 spiro atoms. The summed E-state index contributed by atoms with van der Waals surface area (Å²) in [5.74, 6) is 1.77. The molecule has 24 heavy (non-hydrogen) atoms. The fourth-order valence-electron chi connectivity index (χ4n) is 2.37. The van der Waals surface area contributed by atoms with Gasteiger partial charge in [-0.1, -0.05) is 12.1 Å². The lowest BCUT2D eigenvalue weighted by molar-refractivity contribution is 0.0982. The van der Waals surface area contributed by atoms with Crippen molar-refractivity contribution in [1.29, 1.82) is 0 Å². The molecule has 1 aromatic carbocycles. The average Bonchev–Trinajstić information content (AvgIpc) is 3.14. The fourth-order valence-corrected chi connectivity index (χ4v) is 2.37. The van der Waals surface area contributed by atoms with E-state index in [0.29, 0.717) is 36.0 Å². The lowest BCUT2D eigenvalue weighted by atomic mass is 10.1. The molecule has 1 amide bonds. The summed E-state index contributed by atoms with van der Waals surface area (Å²) in [6.45, 7) is 2.77. The van der Waals surface area contributed by atoms with E-state index in [2.05, 4.69) is 4.98 Å². The first kappa shape index (κ1) is 15.8. The molecule has 0 saturated carbocycles. The largest absolute Gasteiger partial charge is 0.494 e. The van der Waals surface area contributed by atoms with Crippen LogP contribution in [0.2, 0.25) is 0 Å². The van der Waals surface area contributed by atoms with Crippen LogP contribution in [0.25, 0.3) is 0 Å². The number of nitrogens with zero attached hydrogens (tertiary/aromatic N) is 2. The summed E-state index contributed by atoms with van der Waals surface area (Å²) in [6.07, 6.45) is 3.25. The quantitative estimate of drug-likeness (QED) is 0.690. The van der Waals surface area contributed by atoms with E-state index >= 15 is 0 Å². The van der Waals surface area contributed by atoms with Crippen LogP contribution in [-0.2, 0) is 6.54 Å². The highest BCUT2D eigenvalue weighted by Gasteiger charge is 2.20. The highest BCUT2D eigenvalue weighted by atomic mass is 16.5. The second-order valence-electron chi connectivity index (χ2n) is 5.12. The first-order valence-electron chi connectivity index (χ1n) is 7.76. The van der Waals surface area contributed by atoms with Crippen LogP contribution in [0.15, 0.2) is 71.5 Å². The fraction of sp³-hybridized carbons (Fsp3) is 0.158. The van der Waals surface area contributed by atoms with Gasteiger partial charge in [-0.05, 0) is 49.4 Å². The van der Waals surface area contributed by atoms with Crippen LogP contribution in [0.1, 0.15) is 23.0 Å². The Balaban J connectivity index is 1.92. The molecule has 5 nitrogen and oxygen atoms in total. The number of hydrogen-bond donors (Lipinski definition) is 0. The molecule has 3 aromatic rings. The molecule has 0 bridgehead atoms. The first-order chi connectivity index (χ1) is 11.8. The molecule has 0 aliphatic heterocycles. The molecule has 0 saturated heterocycles. The van der Waals surface area contributed by atoms with Crippen LogP contribution in [0.5, 0.6) is 5.75 Å². The van der Waals surface area contributed by atoms with Gasteiger partial charge in [-0.3, -0.25) is 9.69 Å². The minimum atomic E-state index is -0.161. The predicted octanol–water partition coefficient (Wildman–Crippen LogP) is 3.92. The molecule has 0 aliphatic carbocycles. The van der Waals surface area contributed by atoms with Crippen molar-refractivity contribution >= 4 is 11.7 Å². The Morgan fingerprint density at radius 2 is 2.08 bits per heavy atom. The number of ether oxygens (including phenoxy) is 1. The molecule has 3 rings (SSSR count). The van der Waals surface area contributed by atoms with Crippen molar-refractivity contribution in [2.24, 2.45) is 0 Å². The molecule has 0 atom stereocenters. The van der Waals surface area contributed by atoms with Crippen LogP contribution in [-0.4, -0.2) is 17.5 Å². The molecule has 122 valence electrons. The zero-order valence-corrected chi connectivity index (χ0v) is 13.4. The number of furan rings is 1. The van der Waals surface area contributed by atoms with E-state index in [0.717, 1.165) is 0 Å². The van der Waals surface area contributed by atoms with Gasteiger partial charge in [-0.15, -0.1) is 0 Å². The van der Waals surface area contributed by atoms with Crippen LogP contribution < -0.4 is 9.64 Å². The van der Waals surface area contributed by atoms with Crippen molar-refractivity contribution in [1.82, 2.24) is 4.98 Å². The van der Waals surface area contributed by atoms with Gasteiger partial charge in [-0.2, -0.15) is 0 Å². The Kier molecular flexibility index (Phi) is 4.91. The number of aromatic nitrogens is 1. The topological polar surface area (TPSA) is 55.6 Å². The second-order valence-corrected chi connectivity index (χ2v) is 5.12. The Bertz CT molecular complexity index is 785. The summed E-state index contributed by atoms with van der Waals surface area (Å²) in [4.78, 5) is 18.9. The highest BCUT2D eigenvalue weighted by molar-refractivity contribution is 6.05. The molecule has 2 heterocycles. The Labute approximate surface area is 140 Å². The standard InChI is InChI=1S/C19H18N2O3/c1-2-23-16-8-5-7-15(13-16)19(22)21(14-17-9-6-12-24-17)18-10-3-4-11-20-18/h3-13H,2,14H2,1H3. The summed E-state index contributed by atoms with van der Waals surface area (Å²) in [7, 11) is 0. The number of carbonyl (C=O) groups is 1. The summed E-state index contributed by atoms with van der Waals surface area (Å²) in [6, 6.07) is 16.2. The van der Waals surface area contributed by atoms with Gasteiger partial charge in [0.15, 0.2) is 0 Å². The molecule has 0 aliphatic rings. The maximum Gasteiger partial charge on any atom is 0.259 e. The number of pyridine rings is 1. The van der Waals surface area contributed by atoms with Crippen LogP contribution in [0.4, 0.5) is 5.82 Å². The minimum absolute atomic E-state index is 0.161. The highest BCUT2D eigenvalue weighted by Crippen LogP contribution is 2.20. The van der Waals surface area contributed by atoms with E-state index in [4.69, 9.17) is 9.15 Å². The van der Waals surface area contributed by atoms with E-state index in [1.807, 2.05) is 37.3 Å². The number of carbonyl (C=O) groups excluding carboxylic acids is 1. The number of anilines is 1. The molecule has 0 radical (unpaired) electrons. The van der Waals surface area contributed by atoms with Crippen LogP contribution >= 0.6 is 0 Å². The molecule has 5 heteroatoms. The lowest BCUT2D eigenvalue weighted by Gasteiger charge is -2.21. The number of hydrogen-bond acceptors (Lipinski definition) is 4. The summed E-state index contributed by atoms with van der Waals surface area (Å²) in [5, 5.41) is 0. The molecular weight excluding hydrogens is 304 g/mol. The molecule has 0 unspecified atom stereocenters. The molecule has 0 fully saturated rings. The Morgan fingerprint density at radius 3 is 2.79 bits per heavy atom. The van der Waals surface area contributed by atoms with Gasteiger partial charge < -0.3 is 9.15 Å². The van der Waals surface area contributed by atoms with Gasteiger partial charge in [0.05, 0.1) is 19.4 Å². The maximum atomic E-state index is 13.0. The van der Waals surface area contributed by atoms with Crippen molar-refractivity contribution in [3.8, 4) is 5.75 Å². The zero-order valence-electron chi connectivity index (χ0n) is 13.4. The lowest BCUT2D eigenvalue weighted by Crippen LogP contribution is -2.31. The summed E-state index contributed by atoms with van der Waals surface area (Å²) in [5.41, 5.74) is 0.540. The van der Waals surface area contributed by atoms with Gasteiger partial charge >= 0.3 is 0 Å². The predicted molar refractivity (Wildman–Crippen MR) is 91.1 cm³/mol. The minimum Gasteiger partial charge on any atom is -0.494 e.